The molecule has 168 valence electrons. The van der Waals surface area contributed by atoms with Gasteiger partial charge in [-0.05, 0) is 29.8 Å². The fourth-order valence-corrected chi connectivity index (χ4v) is 2.93. The molecule has 0 atom stereocenters. The number of nitrogens with two attached hydrogens (primary N) is 1. The maximum Gasteiger partial charge on any atom is 0.256 e. The van der Waals surface area contributed by atoms with Crippen molar-refractivity contribution in [2.24, 2.45) is 0 Å². The van der Waals surface area contributed by atoms with Crippen molar-refractivity contribution in [2.75, 3.05) is 37.8 Å². The summed E-state index contributed by atoms with van der Waals surface area (Å²) in [5.74, 6) is 0.870. The second-order valence-electron chi connectivity index (χ2n) is 6.77. The number of likely N-dealkylation sites (N-methyl/N-ethyl adjacent to an activating group) is 1. The molecule has 0 bridgehead atoms. The minimum Gasteiger partial charge on any atom is -0.492 e. The lowest BCUT2D eigenvalue weighted by Crippen LogP contribution is -2.28. The molecule has 2 aromatic heterocycles. The molecule has 0 saturated heterocycles. The lowest BCUT2D eigenvalue weighted by atomic mass is 10.2. The number of hydrogen-bond donors (Lipinski definition) is 4. The number of benzene rings is 1. The van der Waals surface area contributed by atoms with Gasteiger partial charge in [0.15, 0.2) is 5.82 Å². The molecule has 1 aromatic carbocycles. The highest BCUT2D eigenvalue weighted by molar-refractivity contribution is 6.30. The van der Waals surface area contributed by atoms with Crippen LogP contribution in [0.3, 0.4) is 0 Å². The molecule has 0 aliphatic heterocycles. The first-order valence-corrected chi connectivity index (χ1v) is 10.2. The van der Waals surface area contributed by atoms with Crippen LogP contribution in [0.4, 0.5) is 11.6 Å². The molecule has 0 spiro atoms. The Morgan fingerprint density at radius 3 is 2.81 bits per heavy atom. The monoisotopic (exact) mass is 457 g/mol. The van der Waals surface area contributed by atoms with Gasteiger partial charge in [-0.15, -0.1) is 0 Å². The number of anilines is 2. The molecule has 0 aliphatic carbocycles. The third kappa shape index (κ3) is 6.61. The molecule has 0 unspecified atom stereocenters. The van der Waals surface area contributed by atoms with E-state index in [4.69, 9.17) is 22.1 Å². The van der Waals surface area contributed by atoms with Gasteiger partial charge in [0, 0.05) is 24.5 Å². The number of carbonyl (C=O) groups is 2. The number of nitrogens with one attached hydrogen (secondary N) is 3. The largest absolute Gasteiger partial charge is 0.492 e. The van der Waals surface area contributed by atoms with Crippen LogP contribution in [-0.2, 0) is 11.3 Å². The smallest absolute Gasteiger partial charge is 0.256 e. The van der Waals surface area contributed by atoms with E-state index in [1.807, 2.05) is 6.07 Å². The Bertz CT molecular complexity index is 1070. The molecule has 32 heavy (non-hydrogen) atoms. The zero-order valence-corrected chi connectivity index (χ0v) is 18.2. The van der Waals surface area contributed by atoms with Crippen LogP contribution in [-0.4, -0.2) is 53.3 Å². The summed E-state index contributed by atoms with van der Waals surface area (Å²) < 4.78 is 7.12. The molecule has 10 nitrogen and oxygen atoms in total. The van der Waals surface area contributed by atoms with E-state index in [1.54, 1.807) is 54.5 Å². The van der Waals surface area contributed by atoms with Crippen LogP contribution in [0.1, 0.15) is 15.9 Å². The normalized spacial score (nSPS) is 10.4. The van der Waals surface area contributed by atoms with Gasteiger partial charge in [0.1, 0.15) is 23.7 Å². The van der Waals surface area contributed by atoms with E-state index in [9.17, 15) is 9.59 Å². The minimum atomic E-state index is -0.338. The Kier molecular flexibility index (Phi) is 7.87. The molecule has 2 heterocycles. The number of halogens is 1. The summed E-state index contributed by atoms with van der Waals surface area (Å²) in [5.41, 5.74) is 7.05. The molecule has 5 N–H and O–H groups in total. The molecule has 3 rings (SSSR count). The Balaban J connectivity index is 1.49. The van der Waals surface area contributed by atoms with Gasteiger partial charge < -0.3 is 26.4 Å². The van der Waals surface area contributed by atoms with Crippen LogP contribution in [0.25, 0.3) is 0 Å². The highest BCUT2D eigenvalue weighted by Crippen LogP contribution is 2.17. The van der Waals surface area contributed by atoms with Crippen molar-refractivity contribution < 1.29 is 14.3 Å². The average Bonchev–Trinajstić information content (AvgIpc) is 3.16. The van der Waals surface area contributed by atoms with E-state index in [-0.39, 0.29) is 36.3 Å². The predicted octanol–water partition coefficient (Wildman–Crippen LogP) is 1.53. The molecule has 0 aliphatic rings. The number of aromatic nitrogens is 3. The molecule has 2 amide bonds. The molecule has 3 aromatic rings. The summed E-state index contributed by atoms with van der Waals surface area (Å²) in [6, 6.07) is 10.6. The Labute approximate surface area is 190 Å². The van der Waals surface area contributed by atoms with Gasteiger partial charge in [-0.1, -0.05) is 23.7 Å². The first-order valence-electron chi connectivity index (χ1n) is 9.83. The third-order valence-corrected chi connectivity index (χ3v) is 4.60. The fraction of sp³-hybridized carbons (Fsp3) is 0.238. The van der Waals surface area contributed by atoms with Gasteiger partial charge in [-0.2, -0.15) is 5.10 Å². The van der Waals surface area contributed by atoms with Crippen LogP contribution < -0.4 is 26.4 Å². The Hall–Kier alpha value is -3.79. The van der Waals surface area contributed by atoms with Crippen molar-refractivity contribution in [2.45, 2.75) is 6.54 Å². The number of nitrogens with zero attached hydrogens (tertiary/aromatic N) is 3. The summed E-state index contributed by atoms with van der Waals surface area (Å²) in [6.07, 6.45) is 3.25. The van der Waals surface area contributed by atoms with E-state index in [0.717, 1.165) is 5.56 Å². The van der Waals surface area contributed by atoms with Crippen molar-refractivity contribution in [1.82, 2.24) is 25.4 Å². The number of carbonyl (C=O) groups excluding carboxylic acids is 2. The standard InChI is InChI=1S/C21H24ClN7O3/c1-24-19(30)11-27-18-6-5-14(10-26-18)12-29-13-17(20(23)28-29)21(31)25-7-8-32-16-4-2-3-15(22)9-16/h2-6,9-10,13H,7-8,11-12H2,1H3,(H2,23,28)(H,24,30)(H,25,31)(H,26,27). The average molecular weight is 458 g/mol. The highest BCUT2D eigenvalue weighted by Gasteiger charge is 2.14. The van der Waals surface area contributed by atoms with Crippen LogP contribution in [0.15, 0.2) is 48.8 Å². The van der Waals surface area contributed by atoms with Gasteiger partial charge in [0.25, 0.3) is 5.91 Å². The number of rotatable bonds is 10. The van der Waals surface area contributed by atoms with Crippen LogP contribution >= 0.6 is 11.6 Å². The third-order valence-electron chi connectivity index (χ3n) is 4.37. The fourth-order valence-electron chi connectivity index (χ4n) is 2.75. The van der Waals surface area contributed by atoms with Crippen LogP contribution in [0.5, 0.6) is 5.75 Å². The summed E-state index contributed by atoms with van der Waals surface area (Å²) >= 11 is 5.91. The van der Waals surface area contributed by atoms with Crippen molar-refractivity contribution in [3.8, 4) is 5.75 Å². The summed E-state index contributed by atoms with van der Waals surface area (Å²) in [5, 5.41) is 13.0. The second kappa shape index (κ2) is 11.0. The number of pyridine rings is 1. The predicted molar refractivity (Wildman–Crippen MR) is 122 cm³/mol. The number of ether oxygens (including phenoxy) is 1. The van der Waals surface area contributed by atoms with Crippen LogP contribution in [0.2, 0.25) is 5.02 Å². The van der Waals surface area contributed by atoms with Gasteiger partial charge in [0.05, 0.1) is 19.6 Å². The van der Waals surface area contributed by atoms with Crippen LogP contribution in [0, 0.1) is 0 Å². The molecular formula is C21H24ClN7O3. The highest BCUT2D eigenvalue weighted by atomic mass is 35.5. The Morgan fingerprint density at radius 1 is 1.25 bits per heavy atom. The summed E-state index contributed by atoms with van der Waals surface area (Å²) in [6.45, 7) is 1.11. The molecule has 11 heteroatoms. The van der Waals surface area contributed by atoms with Crippen molar-refractivity contribution >= 4 is 35.1 Å². The minimum absolute atomic E-state index is 0.134. The number of amides is 2. The van der Waals surface area contributed by atoms with Gasteiger partial charge >= 0.3 is 0 Å². The SMILES string of the molecule is CNC(=O)CNc1ccc(Cn2cc(C(=O)NCCOc3cccc(Cl)c3)c(N)n2)cn1. The van der Waals surface area contributed by atoms with Crippen molar-refractivity contribution in [3.05, 3.63) is 64.9 Å². The lowest BCUT2D eigenvalue weighted by Gasteiger charge is -2.07. The first kappa shape index (κ1) is 22.9. The lowest BCUT2D eigenvalue weighted by molar-refractivity contribution is -0.118. The van der Waals surface area contributed by atoms with Gasteiger partial charge in [-0.3, -0.25) is 14.3 Å². The summed E-state index contributed by atoms with van der Waals surface area (Å²) in [7, 11) is 1.57. The van der Waals surface area contributed by atoms with E-state index < -0.39 is 0 Å². The quantitative estimate of drug-likeness (QED) is 0.339. The molecule has 0 radical (unpaired) electrons. The zero-order valence-electron chi connectivity index (χ0n) is 17.5. The van der Waals surface area contributed by atoms with E-state index in [0.29, 0.717) is 29.7 Å². The van der Waals surface area contributed by atoms with E-state index in [2.05, 4.69) is 26.0 Å². The van der Waals surface area contributed by atoms with E-state index in [1.165, 1.54) is 0 Å². The molecule has 0 saturated carbocycles. The maximum absolute atomic E-state index is 12.4. The van der Waals surface area contributed by atoms with E-state index >= 15 is 0 Å². The zero-order chi connectivity index (χ0) is 22.9. The first-order chi connectivity index (χ1) is 15.4. The Morgan fingerprint density at radius 2 is 2.09 bits per heavy atom. The number of nitrogen functional groups attached to an aromatic ring is 1. The maximum atomic E-state index is 12.4. The topological polar surface area (TPSA) is 136 Å². The number of hydrogen-bond acceptors (Lipinski definition) is 7. The molecule has 0 fully saturated rings. The molecular weight excluding hydrogens is 434 g/mol. The van der Waals surface area contributed by atoms with Crippen molar-refractivity contribution in [1.29, 1.82) is 0 Å². The van der Waals surface area contributed by atoms with Gasteiger partial charge in [0.2, 0.25) is 5.91 Å². The summed E-state index contributed by atoms with van der Waals surface area (Å²) in [4.78, 5) is 28.0. The second-order valence-corrected chi connectivity index (χ2v) is 7.20. The van der Waals surface area contributed by atoms with Crippen molar-refractivity contribution in [3.63, 3.8) is 0 Å². The van der Waals surface area contributed by atoms with Gasteiger partial charge in [-0.25, -0.2) is 4.98 Å².